The van der Waals surface area contributed by atoms with Crippen molar-refractivity contribution in [1.82, 2.24) is 4.98 Å². The van der Waals surface area contributed by atoms with Crippen LogP contribution < -0.4 is 11.1 Å². The van der Waals surface area contributed by atoms with Crippen LogP contribution >= 0.6 is 23.2 Å². The summed E-state index contributed by atoms with van der Waals surface area (Å²) >= 11 is 11.3. The molecule has 0 amide bonds. The topological polar surface area (TPSA) is 50.9 Å². The van der Waals surface area contributed by atoms with E-state index in [-0.39, 0.29) is 28.2 Å². The molecular formula is C8H8Cl2F3N3. The fourth-order valence-corrected chi connectivity index (χ4v) is 1.35. The molecule has 3 nitrogen and oxygen atoms in total. The quantitative estimate of drug-likeness (QED) is 0.888. The number of pyridine rings is 1. The number of nitrogens with zero attached hydrogens (tertiary/aromatic N) is 1. The maximum Gasteiger partial charge on any atom is 0.390 e. The molecule has 0 aliphatic rings. The summed E-state index contributed by atoms with van der Waals surface area (Å²) in [5.41, 5.74) is 5.38. The van der Waals surface area contributed by atoms with Crippen molar-refractivity contribution >= 4 is 34.8 Å². The molecule has 0 saturated heterocycles. The van der Waals surface area contributed by atoms with Gasteiger partial charge in [0.25, 0.3) is 0 Å². The molecule has 0 fully saturated rings. The average molecular weight is 274 g/mol. The molecule has 0 aromatic carbocycles. The number of aromatic nitrogens is 1. The van der Waals surface area contributed by atoms with Gasteiger partial charge in [0, 0.05) is 6.54 Å². The Morgan fingerprint density at radius 1 is 1.31 bits per heavy atom. The van der Waals surface area contributed by atoms with Gasteiger partial charge in [-0.2, -0.15) is 13.2 Å². The lowest BCUT2D eigenvalue weighted by atomic mass is 10.4. The number of hydrogen-bond acceptors (Lipinski definition) is 3. The first-order chi connectivity index (χ1) is 7.29. The van der Waals surface area contributed by atoms with E-state index in [1.165, 1.54) is 6.07 Å². The van der Waals surface area contributed by atoms with Crippen molar-refractivity contribution in [3.63, 3.8) is 0 Å². The van der Waals surface area contributed by atoms with Crippen molar-refractivity contribution in [2.45, 2.75) is 12.6 Å². The third kappa shape index (κ3) is 3.94. The summed E-state index contributed by atoms with van der Waals surface area (Å²) in [6.45, 7) is -0.322. The zero-order valence-corrected chi connectivity index (χ0v) is 9.42. The second-order valence-corrected chi connectivity index (χ2v) is 3.79. The van der Waals surface area contributed by atoms with E-state index >= 15 is 0 Å². The monoisotopic (exact) mass is 273 g/mol. The SMILES string of the molecule is Nc1nc(NCCC(F)(F)F)c(Cl)cc1Cl. The van der Waals surface area contributed by atoms with Crippen molar-refractivity contribution in [3.8, 4) is 0 Å². The maximum atomic E-state index is 11.9. The van der Waals surface area contributed by atoms with Gasteiger partial charge < -0.3 is 11.1 Å². The zero-order chi connectivity index (χ0) is 12.3. The minimum Gasteiger partial charge on any atom is -0.382 e. The Kier molecular flexibility index (Phi) is 4.09. The molecule has 0 unspecified atom stereocenters. The van der Waals surface area contributed by atoms with Crippen LogP contribution in [0.4, 0.5) is 24.8 Å². The molecule has 16 heavy (non-hydrogen) atoms. The molecule has 1 aromatic rings. The number of halogens is 5. The number of nitrogens with one attached hydrogen (secondary N) is 1. The summed E-state index contributed by atoms with van der Waals surface area (Å²) < 4.78 is 35.6. The third-order valence-electron chi connectivity index (χ3n) is 1.66. The van der Waals surface area contributed by atoms with Gasteiger partial charge in [0.2, 0.25) is 0 Å². The summed E-state index contributed by atoms with van der Waals surface area (Å²) in [6.07, 6.45) is -5.20. The van der Waals surface area contributed by atoms with E-state index in [1.807, 2.05) is 0 Å². The van der Waals surface area contributed by atoms with Crippen LogP contribution in [0.1, 0.15) is 6.42 Å². The van der Waals surface area contributed by atoms with E-state index in [0.29, 0.717) is 0 Å². The highest BCUT2D eigenvalue weighted by Crippen LogP contribution is 2.27. The average Bonchev–Trinajstić information content (AvgIpc) is 2.11. The molecule has 0 aliphatic heterocycles. The first kappa shape index (κ1) is 13.2. The third-order valence-corrected chi connectivity index (χ3v) is 2.25. The van der Waals surface area contributed by atoms with Crippen LogP contribution in [-0.4, -0.2) is 17.7 Å². The van der Waals surface area contributed by atoms with E-state index in [4.69, 9.17) is 28.9 Å². The van der Waals surface area contributed by atoms with E-state index in [2.05, 4.69) is 10.3 Å². The highest BCUT2D eigenvalue weighted by atomic mass is 35.5. The summed E-state index contributed by atoms with van der Waals surface area (Å²) in [5, 5.41) is 2.72. The number of alkyl halides is 3. The van der Waals surface area contributed by atoms with Crippen LogP contribution in [0.15, 0.2) is 6.07 Å². The van der Waals surface area contributed by atoms with Crippen LogP contribution in [0.5, 0.6) is 0 Å². The molecule has 1 rings (SSSR count). The number of nitrogens with two attached hydrogens (primary N) is 1. The molecule has 90 valence electrons. The molecule has 0 spiro atoms. The normalized spacial score (nSPS) is 11.6. The van der Waals surface area contributed by atoms with E-state index in [1.54, 1.807) is 0 Å². The van der Waals surface area contributed by atoms with E-state index < -0.39 is 12.6 Å². The zero-order valence-electron chi connectivity index (χ0n) is 7.91. The molecule has 0 radical (unpaired) electrons. The summed E-state index contributed by atoms with van der Waals surface area (Å²) in [5.74, 6) is 0.105. The summed E-state index contributed by atoms with van der Waals surface area (Å²) in [6, 6.07) is 1.32. The van der Waals surface area contributed by atoms with Gasteiger partial charge >= 0.3 is 6.18 Å². The lowest BCUT2D eigenvalue weighted by molar-refractivity contribution is -0.131. The Hall–Kier alpha value is -0.880. The van der Waals surface area contributed by atoms with Crippen LogP contribution in [0, 0.1) is 0 Å². The van der Waals surface area contributed by atoms with Crippen LogP contribution in [0.2, 0.25) is 10.0 Å². The smallest absolute Gasteiger partial charge is 0.382 e. The first-order valence-corrected chi connectivity index (χ1v) is 4.97. The Morgan fingerprint density at radius 2 is 1.94 bits per heavy atom. The number of nitrogen functional groups attached to an aromatic ring is 1. The van der Waals surface area contributed by atoms with Gasteiger partial charge in [-0.25, -0.2) is 4.98 Å². The molecule has 0 aliphatic carbocycles. The molecule has 1 aromatic heterocycles. The standard InChI is InChI=1S/C8H8Cl2F3N3/c9-4-3-5(10)7(16-6(4)14)15-2-1-8(11,12)13/h3H,1-2H2,(H3,14,15,16). The van der Waals surface area contributed by atoms with E-state index in [9.17, 15) is 13.2 Å². The van der Waals surface area contributed by atoms with Crippen molar-refractivity contribution in [2.24, 2.45) is 0 Å². The van der Waals surface area contributed by atoms with Crippen molar-refractivity contribution in [2.75, 3.05) is 17.6 Å². The highest BCUT2D eigenvalue weighted by Gasteiger charge is 2.26. The first-order valence-electron chi connectivity index (χ1n) is 4.22. The van der Waals surface area contributed by atoms with Gasteiger partial charge in [-0.3, -0.25) is 0 Å². The van der Waals surface area contributed by atoms with Crippen molar-refractivity contribution in [3.05, 3.63) is 16.1 Å². The Balaban J connectivity index is 2.64. The van der Waals surface area contributed by atoms with Crippen LogP contribution in [0.25, 0.3) is 0 Å². The van der Waals surface area contributed by atoms with Gasteiger partial charge in [0.1, 0.15) is 11.6 Å². The fraction of sp³-hybridized carbons (Fsp3) is 0.375. The summed E-state index contributed by atoms with van der Waals surface area (Å²) in [4.78, 5) is 3.73. The largest absolute Gasteiger partial charge is 0.390 e. The molecular weight excluding hydrogens is 266 g/mol. The van der Waals surface area contributed by atoms with Crippen LogP contribution in [-0.2, 0) is 0 Å². The maximum absolute atomic E-state index is 11.9. The second-order valence-electron chi connectivity index (χ2n) is 2.98. The van der Waals surface area contributed by atoms with Gasteiger partial charge in [-0.15, -0.1) is 0 Å². The highest BCUT2D eigenvalue weighted by molar-refractivity contribution is 6.37. The Morgan fingerprint density at radius 3 is 2.50 bits per heavy atom. The molecule has 1 heterocycles. The van der Waals surface area contributed by atoms with Crippen LogP contribution in [0.3, 0.4) is 0 Å². The minimum atomic E-state index is -4.22. The molecule has 0 saturated carbocycles. The second kappa shape index (κ2) is 4.97. The number of rotatable bonds is 3. The van der Waals surface area contributed by atoms with Gasteiger partial charge in [0.15, 0.2) is 0 Å². The Bertz CT molecular complexity index is 382. The number of anilines is 2. The molecule has 8 heteroatoms. The molecule has 3 N–H and O–H groups in total. The van der Waals surface area contributed by atoms with Gasteiger partial charge in [0.05, 0.1) is 16.5 Å². The predicted octanol–water partition coefficient (Wildman–Crippen LogP) is 3.33. The van der Waals surface area contributed by atoms with Gasteiger partial charge in [-0.05, 0) is 6.07 Å². The van der Waals surface area contributed by atoms with Crippen molar-refractivity contribution < 1.29 is 13.2 Å². The minimum absolute atomic E-state index is 0.0144. The van der Waals surface area contributed by atoms with Crippen molar-refractivity contribution in [1.29, 1.82) is 0 Å². The summed E-state index contributed by atoms with van der Waals surface area (Å²) in [7, 11) is 0. The van der Waals surface area contributed by atoms with Gasteiger partial charge in [-0.1, -0.05) is 23.2 Å². The lowest BCUT2D eigenvalue weighted by Gasteiger charge is -2.10. The molecule has 0 bridgehead atoms. The fourth-order valence-electron chi connectivity index (χ4n) is 0.927. The molecule has 0 atom stereocenters. The number of hydrogen-bond donors (Lipinski definition) is 2. The Labute approximate surface area is 99.7 Å². The predicted molar refractivity (Wildman–Crippen MR) is 57.8 cm³/mol. The van der Waals surface area contributed by atoms with E-state index in [0.717, 1.165) is 0 Å². The lowest BCUT2D eigenvalue weighted by Crippen LogP contribution is -2.15.